The number of hydrogen-bond acceptors (Lipinski definition) is 4. The van der Waals surface area contributed by atoms with E-state index in [4.69, 9.17) is 9.47 Å². The normalized spacial score (nSPS) is 27.6. The molecule has 2 aliphatic rings. The second-order valence-corrected chi connectivity index (χ2v) is 5.88. The van der Waals surface area contributed by atoms with Gasteiger partial charge in [0.15, 0.2) is 0 Å². The lowest BCUT2D eigenvalue weighted by atomic mass is 9.90. The summed E-state index contributed by atoms with van der Waals surface area (Å²) >= 11 is 0. The van der Waals surface area contributed by atoms with Crippen molar-refractivity contribution >= 4 is 12.0 Å². The topological polar surface area (TPSA) is 80.0 Å². The fourth-order valence-corrected chi connectivity index (χ4v) is 2.51. The van der Waals surface area contributed by atoms with Crippen molar-refractivity contribution < 1.29 is 19.1 Å². The molecular formula is C14H24N2O4. The molecule has 0 bridgehead atoms. The Labute approximate surface area is 119 Å². The van der Waals surface area contributed by atoms with E-state index < -0.39 is 0 Å². The third kappa shape index (κ3) is 5.00. The lowest BCUT2D eigenvalue weighted by molar-refractivity contribution is -0.145. The minimum atomic E-state index is -0.256. The molecule has 0 aromatic heterocycles. The number of urea groups is 1. The third-order valence-corrected chi connectivity index (χ3v) is 3.63. The second-order valence-electron chi connectivity index (χ2n) is 5.88. The molecule has 0 aromatic rings. The van der Waals surface area contributed by atoms with Crippen LogP contribution >= 0.6 is 0 Å². The minimum Gasteiger partial charge on any atom is -0.465 e. The molecule has 0 radical (unpaired) electrons. The Balaban J connectivity index is 1.50. The second kappa shape index (κ2) is 6.92. The molecular weight excluding hydrogens is 260 g/mol. The van der Waals surface area contributed by atoms with Gasteiger partial charge in [0.25, 0.3) is 0 Å². The highest BCUT2D eigenvalue weighted by Crippen LogP contribution is 2.39. The summed E-state index contributed by atoms with van der Waals surface area (Å²) in [6.07, 6.45) is 4.26. The van der Waals surface area contributed by atoms with Crippen LogP contribution in [0.2, 0.25) is 0 Å². The van der Waals surface area contributed by atoms with E-state index in [0.29, 0.717) is 31.3 Å². The fraction of sp³-hybridized carbons (Fsp3) is 0.857. The molecule has 0 spiro atoms. The van der Waals surface area contributed by atoms with Gasteiger partial charge in [-0.3, -0.25) is 4.79 Å². The van der Waals surface area contributed by atoms with E-state index in [1.165, 1.54) is 0 Å². The molecule has 2 rings (SSSR count). The smallest absolute Gasteiger partial charge is 0.315 e. The summed E-state index contributed by atoms with van der Waals surface area (Å²) in [6.45, 7) is 4.54. The van der Waals surface area contributed by atoms with Crippen molar-refractivity contribution in [3.63, 3.8) is 0 Å². The molecule has 6 heteroatoms. The predicted octanol–water partition coefficient (Wildman–Crippen LogP) is 1.19. The van der Waals surface area contributed by atoms with Crippen molar-refractivity contribution in [2.75, 3.05) is 13.2 Å². The number of carbonyl (C=O) groups is 2. The van der Waals surface area contributed by atoms with E-state index in [-0.39, 0.29) is 24.5 Å². The van der Waals surface area contributed by atoms with E-state index in [2.05, 4.69) is 10.6 Å². The molecule has 0 aromatic carbocycles. The first-order valence-electron chi connectivity index (χ1n) is 7.40. The lowest BCUT2D eigenvalue weighted by Gasteiger charge is -2.18. The zero-order valence-corrected chi connectivity index (χ0v) is 12.2. The SMILES string of the molecule is CC(C)NC(=O)NCCC(=O)OCC1CCC2OC2C1. The standard InChI is InChI=1S/C14H24N2O4/c1-9(2)16-14(18)15-6-5-13(17)19-8-10-3-4-11-12(7-10)20-11/h9-12H,3-8H2,1-2H3,(H2,15,16,18). The van der Waals surface area contributed by atoms with Gasteiger partial charge in [-0.15, -0.1) is 0 Å². The first-order chi connectivity index (χ1) is 9.54. The van der Waals surface area contributed by atoms with Crippen LogP contribution in [0, 0.1) is 5.92 Å². The number of hydrogen-bond donors (Lipinski definition) is 2. The largest absolute Gasteiger partial charge is 0.465 e. The van der Waals surface area contributed by atoms with E-state index >= 15 is 0 Å². The van der Waals surface area contributed by atoms with Gasteiger partial charge in [-0.25, -0.2) is 4.79 Å². The van der Waals surface area contributed by atoms with Crippen LogP contribution in [-0.2, 0) is 14.3 Å². The number of esters is 1. The van der Waals surface area contributed by atoms with Crippen molar-refractivity contribution in [1.82, 2.24) is 10.6 Å². The molecule has 1 aliphatic heterocycles. The Kier molecular flexibility index (Phi) is 5.23. The van der Waals surface area contributed by atoms with Gasteiger partial charge in [0.2, 0.25) is 0 Å². The van der Waals surface area contributed by atoms with E-state index in [9.17, 15) is 9.59 Å². The van der Waals surface area contributed by atoms with Crippen molar-refractivity contribution in [2.45, 2.75) is 57.8 Å². The molecule has 6 nitrogen and oxygen atoms in total. The van der Waals surface area contributed by atoms with Gasteiger partial charge >= 0.3 is 12.0 Å². The van der Waals surface area contributed by atoms with Crippen molar-refractivity contribution in [2.24, 2.45) is 5.92 Å². The quantitative estimate of drug-likeness (QED) is 0.567. The van der Waals surface area contributed by atoms with Gasteiger partial charge in [0.1, 0.15) is 0 Å². The Morgan fingerprint density at radius 1 is 1.30 bits per heavy atom. The highest BCUT2D eigenvalue weighted by atomic mass is 16.6. The van der Waals surface area contributed by atoms with Crippen LogP contribution < -0.4 is 10.6 Å². The van der Waals surface area contributed by atoms with Crippen LogP contribution in [0.25, 0.3) is 0 Å². The zero-order chi connectivity index (χ0) is 14.5. The first-order valence-corrected chi connectivity index (χ1v) is 7.40. The molecule has 20 heavy (non-hydrogen) atoms. The average Bonchev–Trinajstić information content (AvgIpc) is 3.13. The summed E-state index contributed by atoms with van der Waals surface area (Å²) in [6, 6.07) is -0.168. The molecule has 2 fully saturated rings. The maximum absolute atomic E-state index is 11.6. The van der Waals surface area contributed by atoms with Gasteiger partial charge in [-0.05, 0) is 39.0 Å². The number of amides is 2. The Hall–Kier alpha value is -1.30. The average molecular weight is 284 g/mol. The Morgan fingerprint density at radius 2 is 2.10 bits per heavy atom. The molecule has 2 amide bonds. The molecule has 1 saturated carbocycles. The maximum Gasteiger partial charge on any atom is 0.315 e. The minimum absolute atomic E-state index is 0.0849. The lowest BCUT2D eigenvalue weighted by Crippen LogP contribution is -2.40. The number of nitrogens with one attached hydrogen (secondary N) is 2. The van der Waals surface area contributed by atoms with Gasteiger partial charge in [-0.1, -0.05) is 0 Å². The van der Waals surface area contributed by atoms with Crippen molar-refractivity contribution in [3.05, 3.63) is 0 Å². The number of rotatable bonds is 6. The van der Waals surface area contributed by atoms with Crippen LogP contribution in [0.5, 0.6) is 0 Å². The van der Waals surface area contributed by atoms with Gasteiger partial charge < -0.3 is 20.1 Å². The molecule has 1 aliphatic carbocycles. The maximum atomic E-state index is 11.6. The van der Waals surface area contributed by atoms with Crippen LogP contribution in [0.4, 0.5) is 4.79 Å². The summed E-state index contributed by atoms with van der Waals surface area (Å²) in [5, 5.41) is 5.32. The monoisotopic (exact) mass is 284 g/mol. The zero-order valence-electron chi connectivity index (χ0n) is 12.2. The van der Waals surface area contributed by atoms with Gasteiger partial charge in [0.05, 0.1) is 25.2 Å². The number of epoxide rings is 1. The molecule has 2 N–H and O–H groups in total. The van der Waals surface area contributed by atoms with Crippen LogP contribution in [-0.4, -0.2) is 43.4 Å². The van der Waals surface area contributed by atoms with E-state index in [1.807, 2.05) is 13.8 Å². The Morgan fingerprint density at radius 3 is 2.80 bits per heavy atom. The predicted molar refractivity (Wildman–Crippen MR) is 73.2 cm³/mol. The number of ether oxygens (including phenoxy) is 2. The molecule has 3 unspecified atom stereocenters. The van der Waals surface area contributed by atoms with Gasteiger partial charge in [0, 0.05) is 12.6 Å². The molecule has 3 atom stereocenters. The Bertz CT molecular complexity index is 359. The van der Waals surface area contributed by atoms with E-state index in [1.54, 1.807) is 0 Å². The first kappa shape index (κ1) is 15.1. The molecule has 1 heterocycles. The summed E-state index contributed by atoms with van der Waals surface area (Å²) in [5.41, 5.74) is 0. The highest BCUT2D eigenvalue weighted by molar-refractivity contribution is 5.75. The van der Waals surface area contributed by atoms with E-state index in [0.717, 1.165) is 19.3 Å². The number of fused-ring (bicyclic) bond motifs is 1. The summed E-state index contributed by atoms with van der Waals surface area (Å²) < 4.78 is 10.7. The fourth-order valence-electron chi connectivity index (χ4n) is 2.51. The van der Waals surface area contributed by atoms with Crippen molar-refractivity contribution in [3.8, 4) is 0 Å². The third-order valence-electron chi connectivity index (χ3n) is 3.63. The van der Waals surface area contributed by atoms with Gasteiger partial charge in [-0.2, -0.15) is 0 Å². The molecule has 1 saturated heterocycles. The van der Waals surface area contributed by atoms with Crippen LogP contribution in [0.1, 0.15) is 39.5 Å². The van der Waals surface area contributed by atoms with Crippen LogP contribution in [0.15, 0.2) is 0 Å². The summed E-state index contributed by atoms with van der Waals surface area (Å²) in [7, 11) is 0. The van der Waals surface area contributed by atoms with Crippen molar-refractivity contribution in [1.29, 1.82) is 0 Å². The summed E-state index contributed by atoms with van der Waals surface area (Å²) in [5.74, 6) is 0.175. The van der Waals surface area contributed by atoms with Crippen LogP contribution in [0.3, 0.4) is 0 Å². The highest BCUT2D eigenvalue weighted by Gasteiger charge is 2.43. The number of carbonyl (C=O) groups excluding carboxylic acids is 2. The molecule has 114 valence electrons. The summed E-state index contributed by atoms with van der Waals surface area (Å²) in [4.78, 5) is 22.8.